The lowest BCUT2D eigenvalue weighted by molar-refractivity contribution is 0.174. The molecule has 1 aromatic carbocycles. The van der Waals surface area contributed by atoms with Crippen LogP contribution >= 0.6 is 0 Å². The zero-order valence-corrected chi connectivity index (χ0v) is 15.6. The number of sulfone groups is 1. The van der Waals surface area contributed by atoms with Gasteiger partial charge in [0.25, 0.3) is 0 Å². The van der Waals surface area contributed by atoms with Crippen LogP contribution in [0.25, 0.3) is 0 Å². The van der Waals surface area contributed by atoms with E-state index in [9.17, 15) is 8.42 Å². The Labute approximate surface area is 146 Å². The van der Waals surface area contributed by atoms with Crippen molar-refractivity contribution in [3.05, 3.63) is 24.3 Å². The second-order valence-electron chi connectivity index (χ2n) is 7.31. The molecule has 0 spiro atoms. The van der Waals surface area contributed by atoms with Gasteiger partial charge < -0.3 is 9.64 Å². The first-order valence-corrected chi connectivity index (χ1v) is 11.0. The number of nitrogens with zero attached hydrogens (tertiary/aromatic N) is 1. The molecule has 5 heteroatoms. The smallest absolute Gasteiger partial charge is 0.175 e. The SMILES string of the molecule is CCN1CCC([C@H]2C[C@H]2CCOc2ccc(S(C)(=O)=O)cc2)CC1. The zero-order valence-electron chi connectivity index (χ0n) is 14.8. The highest BCUT2D eigenvalue weighted by molar-refractivity contribution is 7.90. The standard InChI is InChI=1S/C19H29NO3S/c1-3-20-11-8-15(9-12-20)19-14-16(19)10-13-23-17-4-6-18(7-5-17)24(2,21)22/h4-7,15-16,19H,3,8-14H2,1-2H3/t16-,19-/m1/s1. The molecule has 1 aliphatic heterocycles. The van der Waals surface area contributed by atoms with Crippen molar-refractivity contribution in [2.75, 3.05) is 32.5 Å². The first-order valence-electron chi connectivity index (χ1n) is 9.12. The molecule has 1 saturated heterocycles. The predicted octanol–water partition coefficient (Wildman–Crippen LogP) is 3.23. The Morgan fingerprint density at radius 1 is 1.17 bits per heavy atom. The summed E-state index contributed by atoms with van der Waals surface area (Å²) in [6.07, 6.45) is 6.44. The van der Waals surface area contributed by atoms with Crippen LogP contribution in [-0.4, -0.2) is 45.8 Å². The zero-order chi connectivity index (χ0) is 17.2. The molecule has 1 heterocycles. The highest BCUT2D eigenvalue weighted by atomic mass is 32.2. The number of piperidine rings is 1. The minimum absolute atomic E-state index is 0.343. The van der Waals surface area contributed by atoms with Crippen LogP contribution in [0.4, 0.5) is 0 Å². The summed E-state index contributed by atoms with van der Waals surface area (Å²) in [5, 5.41) is 0. The van der Waals surface area contributed by atoms with Crippen LogP contribution in [0.5, 0.6) is 5.75 Å². The summed E-state index contributed by atoms with van der Waals surface area (Å²) < 4.78 is 28.7. The van der Waals surface area contributed by atoms with Crippen LogP contribution in [0.3, 0.4) is 0 Å². The first kappa shape index (κ1) is 17.7. The van der Waals surface area contributed by atoms with Gasteiger partial charge in [-0.2, -0.15) is 0 Å². The van der Waals surface area contributed by atoms with E-state index in [0.717, 1.165) is 36.5 Å². The molecule has 1 aromatic rings. The third-order valence-electron chi connectivity index (χ3n) is 5.67. The Balaban J connectivity index is 1.37. The average molecular weight is 352 g/mol. The summed E-state index contributed by atoms with van der Waals surface area (Å²) in [5.41, 5.74) is 0. The molecule has 3 rings (SSSR count). The van der Waals surface area contributed by atoms with Crippen molar-refractivity contribution in [1.29, 1.82) is 0 Å². The molecule has 0 N–H and O–H groups in total. The molecule has 0 aromatic heterocycles. The Bertz CT molecular complexity index is 633. The molecule has 1 saturated carbocycles. The number of ether oxygens (including phenoxy) is 1. The molecule has 0 unspecified atom stereocenters. The molecule has 2 fully saturated rings. The van der Waals surface area contributed by atoms with E-state index in [0.29, 0.717) is 4.90 Å². The van der Waals surface area contributed by atoms with Crippen LogP contribution in [0.1, 0.15) is 32.6 Å². The molecule has 1 aliphatic carbocycles. The van der Waals surface area contributed by atoms with E-state index in [1.54, 1.807) is 24.3 Å². The Morgan fingerprint density at radius 3 is 2.42 bits per heavy atom. The minimum atomic E-state index is -3.13. The van der Waals surface area contributed by atoms with Gasteiger partial charge in [-0.1, -0.05) is 6.92 Å². The molecule has 2 aliphatic rings. The fourth-order valence-corrected chi connectivity index (χ4v) is 4.62. The van der Waals surface area contributed by atoms with Crippen molar-refractivity contribution < 1.29 is 13.2 Å². The van der Waals surface area contributed by atoms with E-state index in [2.05, 4.69) is 11.8 Å². The molecule has 2 atom stereocenters. The summed E-state index contributed by atoms with van der Waals surface area (Å²) in [6.45, 7) is 6.71. The normalized spacial score (nSPS) is 25.6. The van der Waals surface area contributed by atoms with Gasteiger partial charge in [0.05, 0.1) is 11.5 Å². The maximum absolute atomic E-state index is 11.4. The van der Waals surface area contributed by atoms with Crippen LogP contribution in [-0.2, 0) is 9.84 Å². The van der Waals surface area contributed by atoms with Gasteiger partial charge in [0.2, 0.25) is 0 Å². The summed E-state index contributed by atoms with van der Waals surface area (Å²) >= 11 is 0. The van der Waals surface area contributed by atoms with Crippen molar-refractivity contribution in [2.24, 2.45) is 17.8 Å². The topological polar surface area (TPSA) is 46.6 Å². The summed E-state index contributed by atoms with van der Waals surface area (Å²) in [7, 11) is -3.13. The maximum Gasteiger partial charge on any atom is 0.175 e. The van der Waals surface area contributed by atoms with Gasteiger partial charge in [-0.3, -0.25) is 0 Å². The van der Waals surface area contributed by atoms with E-state index in [1.165, 1.54) is 45.2 Å². The van der Waals surface area contributed by atoms with Gasteiger partial charge in [-0.25, -0.2) is 8.42 Å². The molecule has 4 nitrogen and oxygen atoms in total. The van der Waals surface area contributed by atoms with Gasteiger partial charge in [0.1, 0.15) is 5.75 Å². The first-order chi connectivity index (χ1) is 11.5. The third-order valence-corrected chi connectivity index (χ3v) is 6.80. The van der Waals surface area contributed by atoms with Crippen LogP contribution in [0, 0.1) is 17.8 Å². The quantitative estimate of drug-likeness (QED) is 0.757. The highest BCUT2D eigenvalue weighted by Crippen LogP contribution is 2.49. The number of hydrogen-bond acceptors (Lipinski definition) is 4. The van der Waals surface area contributed by atoms with Crippen molar-refractivity contribution in [3.63, 3.8) is 0 Å². The van der Waals surface area contributed by atoms with Crippen LogP contribution in [0.2, 0.25) is 0 Å². The van der Waals surface area contributed by atoms with Gasteiger partial charge in [0, 0.05) is 6.26 Å². The van der Waals surface area contributed by atoms with E-state index < -0.39 is 9.84 Å². The number of hydrogen-bond donors (Lipinski definition) is 0. The van der Waals surface area contributed by atoms with Crippen molar-refractivity contribution >= 4 is 9.84 Å². The average Bonchev–Trinajstić information content (AvgIpc) is 3.34. The second kappa shape index (κ2) is 7.44. The van der Waals surface area contributed by atoms with E-state index in [1.807, 2.05) is 0 Å². The van der Waals surface area contributed by atoms with Crippen molar-refractivity contribution in [2.45, 2.75) is 37.5 Å². The molecular formula is C19H29NO3S. The number of likely N-dealkylation sites (tertiary alicyclic amines) is 1. The minimum Gasteiger partial charge on any atom is -0.494 e. The summed E-state index contributed by atoms with van der Waals surface area (Å²) in [5.74, 6) is 3.43. The lowest BCUT2D eigenvalue weighted by Crippen LogP contribution is -2.34. The fourth-order valence-electron chi connectivity index (χ4n) is 3.99. The summed E-state index contributed by atoms with van der Waals surface area (Å²) in [4.78, 5) is 2.90. The van der Waals surface area contributed by atoms with Crippen LogP contribution in [0.15, 0.2) is 29.2 Å². The van der Waals surface area contributed by atoms with Crippen LogP contribution < -0.4 is 4.74 Å². The number of benzene rings is 1. The predicted molar refractivity (Wildman–Crippen MR) is 96.1 cm³/mol. The summed E-state index contributed by atoms with van der Waals surface area (Å²) in [6, 6.07) is 6.74. The van der Waals surface area contributed by atoms with E-state index in [4.69, 9.17) is 4.74 Å². The fraction of sp³-hybridized carbons (Fsp3) is 0.684. The molecule has 24 heavy (non-hydrogen) atoms. The Morgan fingerprint density at radius 2 is 1.83 bits per heavy atom. The lowest BCUT2D eigenvalue weighted by atomic mass is 9.90. The van der Waals surface area contributed by atoms with Crippen molar-refractivity contribution in [1.82, 2.24) is 4.90 Å². The molecular weight excluding hydrogens is 322 g/mol. The molecule has 134 valence electrons. The van der Waals surface area contributed by atoms with Gasteiger partial charge in [-0.05, 0) is 87.3 Å². The molecule has 0 amide bonds. The maximum atomic E-state index is 11.4. The van der Waals surface area contributed by atoms with Gasteiger partial charge >= 0.3 is 0 Å². The Hall–Kier alpha value is -1.07. The number of rotatable bonds is 7. The molecule has 0 bridgehead atoms. The van der Waals surface area contributed by atoms with E-state index in [-0.39, 0.29) is 0 Å². The third kappa shape index (κ3) is 4.51. The lowest BCUT2D eigenvalue weighted by Gasteiger charge is -2.31. The van der Waals surface area contributed by atoms with E-state index >= 15 is 0 Å². The van der Waals surface area contributed by atoms with Gasteiger partial charge in [0.15, 0.2) is 9.84 Å². The monoisotopic (exact) mass is 351 g/mol. The Kier molecular flexibility index (Phi) is 5.50. The van der Waals surface area contributed by atoms with Crippen molar-refractivity contribution in [3.8, 4) is 5.75 Å². The largest absolute Gasteiger partial charge is 0.494 e. The van der Waals surface area contributed by atoms with Gasteiger partial charge in [-0.15, -0.1) is 0 Å². The molecule has 0 radical (unpaired) electrons. The highest BCUT2D eigenvalue weighted by Gasteiger charge is 2.42. The second-order valence-corrected chi connectivity index (χ2v) is 9.33.